The van der Waals surface area contributed by atoms with Crippen LogP contribution in [0, 0.1) is 6.92 Å². The Morgan fingerprint density at radius 2 is 2.00 bits per heavy atom. The van der Waals surface area contributed by atoms with Crippen molar-refractivity contribution in [1.82, 2.24) is 4.90 Å². The molecular formula is C15H21NO3. The first-order valence-electron chi connectivity index (χ1n) is 6.80. The molecule has 0 aliphatic heterocycles. The highest BCUT2D eigenvalue weighted by Gasteiger charge is 2.28. The number of ether oxygens (including phenoxy) is 1. The monoisotopic (exact) mass is 263 g/mol. The Labute approximate surface area is 114 Å². The number of carbonyl (C=O) groups is 1. The van der Waals surface area contributed by atoms with Gasteiger partial charge in [-0.05, 0) is 31.9 Å². The van der Waals surface area contributed by atoms with Gasteiger partial charge in [-0.1, -0.05) is 17.7 Å². The first kappa shape index (κ1) is 13.9. The van der Waals surface area contributed by atoms with Crippen molar-refractivity contribution in [3.63, 3.8) is 0 Å². The van der Waals surface area contributed by atoms with Gasteiger partial charge in [-0.25, -0.2) is 0 Å². The number of hydrogen-bond acceptors (Lipinski definition) is 3. The normalized spacial score (nSPS) is 14.6. The smallest absolute Gasteiger partial charge is 0.304 e. The molecule has 0 saturated heterocycles. The first-order chi connectivity index (χ1) is 9.15. The van der Waals surface area contributed by atoms with Crippen LogP contribution in [0.3, 0.4) is 0 Å². The van der Waals surface area contributed by atoms with E-state index >= 15 is 0 Å². The van der Waals surface area contributed by atoms with Gasteiger partial charge in [-0.15, -0.1) is 0 Å². The van der Waals surface area contributed by atoms with Crippen LogP contribution in [0.2, 0.25) is 0 Å². The number of hydrogen-bond donors (Lipinski definition) is 1. The van der Waals surface area contributed by atoms with Crippen molar-refractivity contribution < 1.29 is 14.6 Å². The van der Waals surface area contributed by atoms with Crippen molar-refractivity contribution >= 4 is 5.97 Å². The summed E-state index contributed by atoms with van der Waals surface area (Å²) < 4.78 is 5.69. The van der Waals surface area contributed by atoms with Gasteiger partial charge >= 0.3 is 5.97 Å². The molecule has 0 aromatic heterocycles. The molecule has 104 valence electrons. The van der Waals surface area contributed by atoms with Crippen molar-refractivity contribution in [3.05, 3.63) is 29.8 Å². The minimum atomic E-state index is -0.731. The molecular weight excluding hydrogens is 242 g/mol. The number of benzene rings is 1. The third-order valence-corrected chi connectivity index (χ3v) is 3.34. The van der Waals surface area contributed by atoms with Crippen LogP contribution in [0.4, 0.5) is 0 Å². The van der Waals surface area contributed by atoms with Gasteiger partial charge in [0, 0.05) is 19.1 Å². The van der Waals surface area contributed by atoms with Crippen molar-refractivity contribution in [1.29, 1.82) is 0 Å². The molecule has 4 nitrogen and oxygen atoms in total. The van der Waals surface area contributed by atoms with Crippen molar-refractivity contribution in [2.45, 2.75) is 32.2 Å². The molecule has 2 rings (SSSR count). The lowest BCUT2D eigenvalue weighted by atomic mass is 10.2. The summed E-state index contributed by atoms with van der Waals surface area (Å²) in [5, 5.41) is 8.74. The molecule has 4 heteroatoms. The third kappa shape index (κ3) is 4.91. The Morgan fingerprint density at radius 3 is 2.58 bits per heavy atom. The van der Waals surface area contributed by atoms with Gasteiger partial charge in [0.05, 0.1) is 6.42 Å². The van der Waals surface area contributed by atoms with Crippen LogP contribution in [0.5, 0.6) is 5.75 Å². The Balaban J connectivity index is 1.72. The zero-order valence-corrected chi connectivity index (χ0v) is 11.3. The first-order valence-corrected chi connectivity index (χ1v) is 6.80. The quantitative estimate of drug-likeness (QED) is 0.782. The van der Waals surface area contributed by atoms with Gasteiger partial charge in [0.2, 0.25) is 0 Å². The second-order valence-corrected chi connectivity index (χ2v) is 5.07. The topological polar surface area (TPSA) is 49.8 Å². The summed E-state index contributed by atoms with van der Waals surface area (Å²) in [4.78, 5) is 12.8. The molecule has 1 aliphatic rings. The van der Waals surface area contributed by atoms with Gasteiger partial charge < -0.3 is 9.84 Å². The Morgan fingerprint density at radius 1 is 1.32 bits per heavy atom. The molecule has 1 aromatic rings. The maximum Gasteiger partial charge on any atom is 0.304 e. The molecule has 0 atom stereocenters. The van der Waals surface area contributed by atoms with Crippen molar-refractivity contribution in [2.75, 3.05) is 19.7 Å². The fourth-order valence-electron chi connectivity index (χ4n) is 2.07. The Bertz CT molecular complexity index is 412. The molecule has 0 spiro atoms. The lowest BCUT2D eigenvalue weighted by molar-refractivity contribution is -0.137. The molecule has 0 heterocycles. The van der Waals surface area contributed by atoms with E-state index in [0.717, 1.165) is 12.3 Å². The van der Waals surface area contributed by atoms with Gasteiger partial charge in [0.1, 0.15) is 12.4 Å². The predicted octanol–water partition coefficient (Wildman–Crippen LogP) is 2.31. The van der Waals surface area contributed by atoms with Crippen LogP contribution in [-0.4, -0.2) is 41.7 Å². The lowest BCUT2D eigenvalue weighted by Gasteiger charge is -2.21. The fourth-order valence-corrected chi connectivity index (χ4v) is 2.07. The van der Waals surface area contributed by atoms with Gasteiger partial charge in [-0.3, -0.25) is 9.69 Å². The van der Waals surface area contributed by atoms with E-state index in [0.29, 0.717) is 19.2 Å². The van der Waals surface area contributed by atoms with Crippen molar-refractivity contribution in [2.24, 2.45) is 0 Å². The van der Waals surface area contributed by atoms with Crippen LogP contribution in [0.15, 0.2) is 24.3 Å². The molecule has 0 unspecified atom stereocenters. The molecule has 0 amide bonds. The van der Waals surface area contributed by atoms with E-state index in [2.05, 4.69) is 4.90 Å². The van der Waals surface area contributed by atoms with E-state index in [1.807, 2.05) is 31.2 Å². The number of rotatable bonds is 8. The second-order valence-electron chi connectivity index (χ2n) is 5.07. The minimum absolute atomic E-state index is 0.209. The number of nitrogens with zero attached hydrogens (tertiary/aromatic N) is 1. The van der Waals surface area contributed by atoms with E-state index < -0.39 is 5.97 Å². The van der Waals surface area contributed by atoms with Crippen molar-refractivity contribution in [3.8, 4) is 5.75 Å². The third-order valence-electron chi connectivity index (χ3n) is 3.34. The maximum atomic E-state index is 10.6. The summed E-state index contributed by atoms with van der Waals surface area (Å²) in [6.07, 6.45) is 2.58. The van der Waals surface area contributed by atoms with Gasteiger partial charge in [0.15, 0.2) is 0 Å². The molecule has 0 radical (unpaired) electrons. The highest BCUT2D eigenvalue weighted by atomic mass is 16.5. The van der Waals surface area contributed by atoms with Gasteiger partial charge in [0.25, 0.3) is 0 Å². The fraction of sp³-hybridized carbons (Fsp3) is 0.533. The van der Waals surface area contributed by atoms with E-state index in [4.69, 9.17) is 9.84 Å². The summed E-state index contributed by atoms with van der Waals surface area (Å²) in [7, 11) is 0. The standard InChI is InChI=1S/C15H21NO3/c1-12-2-6-14(7-3-12)19-11-10-16(13-4-5-13)9-8-15(17)18/h2-3,6-7,13H,4-5,8-11H2,1H3,(H,17,18). The predicted molar refractivity (Wildman–Crippen MR) is 73.5 cm³/mol. The van der Waals surface area contributed by atoms with Crippen LogP contribution < -0.4 is 4.74 Å². The van der Waals surface area contributed by atoms with Gasteiger partial charge in [-0.2, -0.15) is 0 Å². The average Bonchev–Trinajstić information content (AvgIpc) is 3.20. The van der Waals surface area contributed by atoms with Crippen LogP contribution in [-0.2, 0) is 4.79 Å². The molecule has 1 saturated carbocycles. The van der Waals surface area contributed by atoms with Crippen LogP contribution >= 0.6 is 0 Å². The maximum absolute atomic E-state index is 10.6. The molecule has 1 N–H and O–H groups in total. The molecule has 1 fully saturated rings. The summed E-state index contributed by atoms with van der Waals surface area (Å²) in [6.45, 7) is 4.08. The van der Waals surface area contributed by atoms with E-state index in [1.165, 1.54) is 18.4 Å². The highest BCUT2D eigenvalue weighted by Crippen LogP contribution is 2.26. The molecule has 19 heavy (non-hydrogen) atoms. The Hall–Kier alpha value is -1.55. The summed E-state index contributed by atoms with van der Waals surface area (Å²) >= 11 is 0. The largest absolute Gasteiger partial charge is 0.492 e. The molecule has 0 bridgehead atoms. The van der Waals surface area contributed by atoms with E-state index in [1.54, 1.807) is 0 Å². The van der Waals surface area contributed by atoms with Crippen LogP contribution in [0.25, 0.3) is 0 Å². The van der Waals surface area contributed by atoms with E-state index in [9.17, 15) is 4.79 Å². The minimum Gasteiger partial charge on any atom is -0.492 e. The average molecular weight is 263 g/mol. The zero-order valence-electron chi connectivity index (χ0n) is 11.3. The van der Waals surface area contributed by atoms with Crippen LogP contribution in [0.1, 0.15) is 24.8 Å². The van der Waals surface area contributed by atoms with E-state index in [-0.39, 0.29) is 6.42 Å². The highest BCUT2D eigenvalue weighted by molar-refractivity contribution is 5.66. The second kappa shape index (κ2) is 6.57. The lowest BCUT2D eigenvalue weighted by Crippen LogP contribution is -2.32. The summed E-state index contributed by atoms with van der Waals surface area (Å²) in [6, 6.07) is 8.56. The number of carboxylic acid groups (broad SMARTS) is 1. The summed E-state index contributed by atoms with van der Waals surface area (Å²) in [5.74, 6) is 0.143. The molecule has 1 aromatic carbocycles. The zero-order chi connectivity index (χ0) is 13.7. The number of aliphatic carboxylic acids is 1. The SMILES string of the molecule is Cc1ccc(OCCN(CCC(=O)O)C2CC2)cc1. The summed E-state index contributed by atoms with van der Waals surface area (Å²) in [5.41, 5.74) is 1.22. The number of carboxylic acids is 1. The number of aryl methyl sites for hydroxylation is 1. The Kier molecular flexibility index (Phi) is 4.80. The molecule has 1 aliphatic carbocycles.